The highest BCUT2D eigenvalue weighted by atomic mass is 32.1. The number of H-pyrrole nitrogens is 1. The summed E-state index contributed by atoms with van der Waals surface area (Å²) in [5, 5.41) is 11.8. The summed E-state index contributed by atoms with van der Waals surface area (Å²) in [5.74, 6) is 2.16. The Balaban J connectivity index is 1.48. The largest absolute Gasteiger partial charge is 0.490 e. The van der Waals surface area contributed by atoms with Crippen molar-refractivity contribution in [1.29, 1.82) is 0 Å². The molecule has 4 rings (SSSR count). The smallest absolute Gasteiger partial charge is 0.216 e. The molecule has 1 heterocycles. The second kappa shape index (κ2) is 11.2. The fourth-order valence-corrected chi connectivity index (χ4v) is 3.56. The molecule has 0 aliphatic carbocycles. The lowest BCUT2D eigenvalue weighted by Crippen LogP contribution is -2.02. The molecule has 0 aliphatic heterocycles. The van der Waals surface area contributed by atoms with Gasteiger partial charge < -0.3 is 9.47 Å². The van der Waals surface area contributed by atoms with E-state index in [1.165, 1.54) is 5.56 Å². The Morgan fingerprint density at radius 1 is 0.909 bits per heavy atom. The predicted molar refractivity (Wildman–Crippen MR) is 133 cm³/mol. The molecular weight excluding hydrogens is 432 g/mol. The SMILES string of the molecule is CCOc1cc(/C=N\n2c(CCc3ccccc3)n[nH]c2=S)ccc1OCc1ccccc1. The Morgan fingerprint density at radius 2 is 1.64 bits per heavy atom. The summed E-state index contributed by atoms with van der Waals surface area (Å²) < 4.78 is 13.9. The monoisotopic (exact) mass is 458 g/mol. The van der Waals surface area contributed by atoms with E-state index in [0.717, 1.165) is 29.8 Å². The summed E-state index contributed by atoms with van der Waals surface area (Å²) in [4.78, 5) is 0. The Bertz CT molecular complexity index is 1250. The van der Waals surface area contributed by atoms with Gasteiger partial charge in [-0.15, -0.1) is 0 Å². The van der Waals surface area contributed by atoms with Crippen LogP contribution in [0.15, 0.2) is 84.0 Å². The second-order valence-corrected chi connectivity index (χ2v) is 7.79. The number of ether oxygens (including phenoxy) is 2. The van der Waals surface area contributed by atoms with Gasteiger partial charge in [0.2, 0.25) is 4.77 Å². The zero-order chi connectivity index (χ0) is 22.9. The molecule has 0 unspecified atom stereocenters. The summed E-state index contributed by atoms with van der Waals surface area (Å²) >= 11 is 5.37. The first-order chi connectivity index (χ1) is 16.2. The number of hydrogen-bond donors (Lipinski definition) is 1. The number of hydrogen-bond acceptors (Lipinski definition) is 5. The molecule has 168 valence electrons. The molecule has 7 heteroatoms. The highest BCUT2D eigenvalue weighted by molar-refractivity contribution is 7.71. The maximum Gasteiger partial charge on any atom is 0.216 e. The van der Waals surface area contributed by atoms with Gasteiger partial charge >= 0.3 is 0 Å². The molecule has 0 amide bonds. The fraction of sp³-hybridized carbons (Fsp3) is 0.192. The second-order valence-electron chi connectivity index (χ2n) is 7.40. The standard InChI is InChI=1S/C26H26N4O2S/c1-2-31-24-17-22(13-15-23(24)32-19-21-11-7-4-8-12-21)18-27-30-25(28-29-26(30)33)16-14-20-9-5-3-6-10-20/h3-13,15,17-18H,2,14,16,19H2,1H3,(H,29,33)/b27-18-. The molecule has 0 fully saturated rings. The molecule has 4 aromatic rings. The van der Waals surface area contributed by atoms with Crippen LogP contribution < -0.4 is 9.47 Å². The first-order valence-corrected chi connectivity index (χ1v) is 11.3. The third kappa shape index (κ3) is 6.17. The van der Waals surface area contributed by atoms with Gasteiger partial charge in [0.05, 0.1) is 12.8 Å². The highest BCUT2D eigenvalue weighted by Crippen LogP contribution is 2.29. The van der Waals surface area contributed by atoms with Crippen molar-refractivity contribution in [2.75, 3.05) is 6.61 Å². The van der Waals surface area contributed by atoms with Gasteiger partial charge in [-0.2, -0.15) is 14.9 Å². The minimum atomic E-state index is 0.460. The van der Waals surface area contributed by atoms with Gasteiger partial charge in [-0.3, -0.25) is 5.10 Å². The average molecular weight is 459 g/mol. The van der Waals surface area contributed by atoms with Crippen molar-refractivity contribution in [3.05, 3.63) is 106 Å². The number of aromatic amines is 1. The molecule has 0 bridgehead atoms. The molecule has 6 nitrogen and oxygen atoms in total. The van der Waals surface area contributed by atoms with Crippen molar-refractivity contribution in [1.82, 2.24) is 14.9 Å². The van der Waals surface area contributed by atoms with Gasteiger partial charge in [0, 0.05) is 6.42 Å². The van der Waals surface area contributed by atoms with E-state index in [0.29, 0.717) is 29.5 Å². The van der Waals surface area contributed by atoms with Crippen molar-refractivity contribution in [2.45, 2.75) is 26.4 Å². The summed E-state index contributed by atoms with van der Waals surface area (Å²) in [6.45, 7) is 2.97. The van der Waals surface area contributed by atoms with Crippen LogP contribution in [-0.4, -0.2) is 27.7 Å². The number of aromatic nitrogens is 3. The van der Waals surface area contributed by atoms with Gasteiger partial charge in [0.25, 0.3) is 0 Å². The first-order valence-electron chi connectivity index (χ1n) is 10.9. The molecule has 33 heavy (non-hydrogen) atoms. The van der Waals surface area contributed by atoms with E-state index in [1.807, 2.05) is 73.7 Å². The van der Waals surface area contributed by atoms with Crippen molar-refractivity contribution >= 4 is 18.4 Å². The van der Waals surface area contributed by atoms with Crippen molar-refractivity contribution < 1.29 is 9.47 Å². The van der Waals surface area contributed by atoms with Crippen LogP contribution in [0.4, 0.5) is 0 Å². The molecule has 1 N–H and O–H groups in total. The van der Waals surface area contributed by atoms with Crippen LogP contribution >= 0.6 is 12.2 Å². The van der Waals surface area contributed by atoms with Crippen molar-refractivity contribution in [3.63, 3.8) is 0 Å². The van der Waals surface area contributed by atoms with E-state index >= 15 is 0 Å². The normalized spacial score (nSPS) is 11.1. The molecule has 0 saturated carbocycles. The third-order valence-electron chi connectivity index (χ3n) is 5.02. The van der Waals surface area contributed by atoms with Crippen LogP contribution in [-0.2, 0) is 19.4 Å². The van der Waals surface area contributed by atoms with Crippen LogP contribution in [0.1, 0.15) is 29.4 Å². The molecule has 0 atom stereocenters. The summed E-state index contributed by atoms with van der Waals surface area (Å²) in [6, 6.07) is 26.1. The van der Waals surface area contributed by atoms with Crippen molar-refractivity contribution in [3.8, 4) is 11.5 Å². The van der Waals surface area contributed by atoms with Gasteiger partial charge in [0.15, 0.2) is 17.3 Å². The third-order valence-corrected chi connectivity index (χ3v) is 5.29. The maximum absolute atomic E-state index is 5.99. The van der Waals surface area contributed by atoms with Crippen molar-refractivity contribution in [2.24, 2.45) is 5.10 Å². The fourth-order valence-electron chi connectivity index (χ4n) is 3.36. The minimum absolute atomic E-state index is 0.460. The Hall–Kier alpha value is -3.71. The lowest BCUT2D eigenvalue weighted by molar-refractivity contribution is 0.269. The quantitative estimate of drug-likeness (QED) is 0.249. The molecule has 0 radical (unpaired) electrons. The average Bonchev–Trinajstić information content (AvgIpc) is 3.21. The van der Waals surface area contributed by atoms with Gasteiger partial charge in [0.1, 0.15) is 6.61 Å². The lowest BCUT2D eigenvalue weighted by atomic mass is 10.1. The number of rotatable bonds is 10. The summed E-state index contributed by atoms with van der Waals surface area (Å²) in [5.41, 5.74) is 3.22. The van der Waals surface area contributed by atoms with Gasteiger partial charge in [-0.05, 0) is 60.5 Å². The Morgan fingerprint density at radius 3 is 2.36 bits per heavy atom. The Labute approximate surface area is 198 Å². The molecule has 0 spiro atoms. The van der Waals surface area contributed by atoms with Crippen LogP contribution in [0.3, 0.4) is 0 Å². The first kappa shape index (κ1) is 22.5. The summed E-state index contributed by atoms with van der Waals surface area (Å²) in [6.07, 6.45) is 3.34. The van der Waals surface area contributed by atoms with Crippen LogP contribution in [0.2, 0.25) is 0 Å². The zero-order valence-electron chi connectivity index (χ0n) is 18.5. The lowest BCUT2D eigenvalue weighted by Gasteiger charge is -2.12. The van der Waals surface area contributed by atoms with Crippen LogP contribution in [0.5, 0.6) is 11.5 Å². The minimum Gasteiger partial charge on any atom is -0.490 e. The number of benzene rings is 3. The van der Waals surface area contributed by atoms with E-state index in [2.05, 4.69) is 27.4 Å². The predicted octanol–water partition coefficient (Wildman–Crippen LogP) is 5.59. The zero-order valence-corrected chi connectivity index (χ0v) is 19.3. The maximum atomic E-state index is 5.99. The molecular formula is C26H26N4O2S. The van der Waals surface area contributed by atoms with Crippen LogP contribution in [0.25, 0.3) is 0 Å². The molecule has 0 aliphatic rings. The van der Waals surface area contributed by atoms with E-state index in [1.54, 1.807) is 10.9 Å². The number of nitrogens with zero attached hydrogens (tertiary/aromatic N) is 3. The van der Waals surface area contributed by atoms with Crippen LogP contribution in [0, 0.1) is 4.77 Å². The molecule has 1 aromatic heterocycles. The Kier molecular flexibility index (Phi) is 7.66. The summed E-state index contributed by atoms with van der Waals surface area (Å²) in [7, 11) is 0. The van der Waals surface area contributed by atoms with E-state index in [-0.39, 0.29) is 0 Å². The van der Waals surface area contributed by atoms with E-state index in [9.17, 15) is 0 Å². The molecule has 3 aromatic carbocycles. The molecule has 0 saturated heterocycles. The van der Waals surface area contributed by atoms with E-state index < -0.39 is 0 Å². The van der Waals surface area contributed by atoms with E-state index in [4.69, 9.17) is 21.7 Å². The van der Waals surface area contributed by atoms with Gasteiger partial charge in [-0.25, -0.2) is 0 Å². The number of aryl methyl sites for hydroxylation is 2. The highest BCUT2D eigenvalue weighted by Gasteiger charge is 2.08. The number of nitrogens with one attached hydrogen (secondary N) is 1. The van der Waals surface area contributed by atoms with Gasteiger partial charge in [-0.1, -0.05) is 60.7 Å². The topological polar surface area (TPSA) is 64.4 Å².